The minimum absolute atomic E-state index is 0.0312. The minimum atomic E-state index is -2.56. The van der Waals surface area contributed by atoms with Crippen LogP contribution < -0.4 is 20.5 Å². The van der Waals surface area contributed by atoms with Crippen molar-refractivity contribution in [3.05, 3.63) is 111 Å². The van der Waals surface area contributed by atoms with Crippen LogP contribution in [0, 0.1) is 19.8 Å². The van der Waals surface area contributed by atoms with Crippen molar-refractivity contribution in [3.63, 3.8) is 0 Å². The number of aliphatic carboxylic acids is 1. The minimum Gasteiger partial charge on any atom is -0.508 e. The summed E-state index contributed by atoms with van der Waals surface area (Å²) in [7, 11) is 1.42. The van der Waals surface area contributed by atoms with Crippen molar-refractivity contribution in [2.75, 3.05) is 33.4 Å². The number of aryl methyl sites for hydroxylation is 2. The number of aromatic hydroxyl groups is 1. The van der Waals surface area contributed by atoms with Crippen LogP contribution in [0.5, 0.6) is 11.5 Å². The maximum absolute atomic E-state index is 13.5. The van der Waals surface area contributed by atoms with Crippen LogP contribution in [0.1, 0.15) is 23.1 Å². The van der Waals surface area contributed by atoms with Gasteiger partial charge in [0, 0.05) is 36.1 Å². The van der Waals surface area contributed by atoms with Gasteiger partial charge < -0.3 is 54.6 Å². The number of rotatable bonds is 15. The van der Waals surface area contributed by atoms with Gasteiger partial charge in [-0.25, -0.2) is 4.99 Å². The SMILES string of the molecule is CNC(CCO)C(C(=O)O)C(=O)OCC1OC(Oc2ccc3c(=O)c(-c4ccc(O)cc4)coc3c2)C(O[NH+]2CC3=CC=NC3=C2c2cc(C)cc(C)c2)C(O)C1(O)CO. The van der Waals surface area contributed by atoms with Crippen LogP contribution in [0.25, 0.3) is 27.8 Å². The molecule has 8 unspecified atom stereocenters. The average molecular weight is 829 g/mol. The molecule has 0 bridgehead atoms. The van der Waals surface area contributed by atoms with E-state index < -0.39 is 73.9 Å². The lowest BCUT2D eigenvalue weighted by Crippen LogP contribution is -3.08. The van der Waals surface area contributed by atoms with E-state index in [-0.39, 0.29) is 46.4 Å². The summed E-state index contributed by atoms with van der Waals surface area (Å²) in [6, 6.07) is 15.3. The molecule has 1 fully saturated rings. The smallest absolute Gasteiger partial charge is 0.322 e. The average Bonchev–Trinajstić information content (AvgIpc) is 3.81. The fraction of sp³-hybridized carbons (Fsp3) is 0.349. The van der Waals surface area contributed by atoms with E-state index in [0.29, 0.717) is 22.0 Å². The Morgan fingerprint density at radius 2 is 1.78 bits per heavy atom. The highest BCUT2D eigenvalue weighted by Gasteiger charge is 2.59. The zero-order chi connectivity index (χ0) is 42.9. The molecule has 8 N–H and O–H groups in total. The summed E-state index contributed by atoms with van der Waals surface area (Å²) in [6.45, 7) is 1.76. The molecule has 4 heterocycles. The monoisotopic (exact) mass is 828 g/mol. The number of hydrogen-bond donors (Lipinski definition) is 8. The molecule has 3 aliphatic rings. The van der Waals surface area contributed by atoms with Gasteiger partial charge in [-0.15, -0.1) is 0 Å². The fourth-order valence-electron chi connectivity index (χ4n) is 7.84. The zero-order valence-corrected chi connectivity index (χ0v) is 32.9. The van der Waals surface area contributed by atoms with E-state index in [0.717, 1.165) is 22.3 Å². The Kier molecular flexibility index (Phi) is 12.3. The number of aliphatic imine (C=N–C) groups is 1. The maximum atomic E-state index is 13.5. The molecule has 0 aliphatic carbocycles. The van der Waals surface area contributed by atoms with Crippen molar-refractivity contribution in [2.24, 2.45) is 10.9 Å². The van der Waals surface area contributed by atoms with Crippen molar-refractivity contribution in [1.29, 1.82) is 0 Å². The number of allylic oxidation sites excluding steroid dienone is 1. The van der Waals surface area contributed by atoms with Gasteiger partial charge in [0.15, 0.2) is 17.0 Å². The van der Waals surface area contributed by atoms with Gasteiger partial charge in [0.2, 0.25) is 12.4 Å². The molecule has 7 rings (SSSR count). The van der Waals surface area contributed by atoms with Gasteiger partial charge in [-0.1, -0.05) is 29.3 Å². The number of quaternary nitrogens is 1. The van der Waals surface area contributed by atoms with E-state index in [1.165, 1.54) is 43.6 Å². The molecule has 17 nitrogen and oxygen atoms in total. The quantitative estimate of drug-likeness (QED) is 0.0609. The Bertz CT molecular complexity index is 2410. The Labute approximate surface area is 343 Å². The van der Waals surface area contributed by atoms with Crippen molar-refractivity contribution in [1.82, 2.24) is 5.32 Å². The summed E-state index contributed by atoms with van der Waals surface area (Å²) < 4.78 is 23.8. The lowest BCUT2D eigenvalue weighted by molar-refractivity contribution is -1.04. The van der Waals surface area contributed by atoms with Crippen molar-refractivity contribution >= 4 is 34.8 Å². The van der Waals surface area contributed by atoms with Gasteiger partial charge in [0.25, 0.3) is 0 Å². The number of esters is 1. The lowest BCUT2D eigenvalue weighted by atomic mass is 9.85. The van der Waals surface area contributed by atoms with Gasteiger partial charge in [0.1, 0.15) is 60.0 Å². The van der Waals surface area contributed by atoms with Crippen molar-refractivity contribution in [3.8, 4) is 22.6 Å². The highest BCUT2D eigenvalue weighted by atomic mass is 16.8. The van der Waals surface area contributed by atoms with E-state index in [1.807, 2.05) is 38.1 Å². The third-order valence-electron chi connectivity index (χ3n) is 10.9. The number of aliphatic hydroxyl groups excluding tert-OH is 3. The van der Waals surface area contributed by atoms with Gasteiger partial charge in [0.05, 0.1) is 17.6 Å². The van der Waals surface area contributed by atoms with Gasteiger partial charge >= 0.3 is 11.9 Å². The number of ether oxygens (including phenoxy) is 3. The molecule has 4 aromatic rings. The molecule has 8 atom stereocenters. The number of fused-ring (bicyclic) bond motifs is 2. The number of nitrogens with zero attached hydrogens (tertiary/aromatic N) is 1. The summed E-state index contributed by atoms with van der Waals surface area (Å²) in [4.78, 5) is 50.1. The number of phenols is 1. The van der Waals surface area contributed by atoms with E-state index in [1.54, 1.807) is 18.3 Å². The standard InChI is InChI=1S/C43H45N3O14/c1-22-14-23(2)16-26(15-22)36-35-25(10-12-45-35)18-46(36)60-38-39(51)43(55,21-48)33(20-57-41(54)34(40(52)53)31(44-3)11-13-47)59-42(38)58-28-8-9-29-32(17-28)56-19-30(37(29)50)24-4-6-27(49)7-5-24/h4-10,12,14-17,19,31,33-34,38-39,42,44,47-49,51,55H,11,13,18,20-21H2,1-3H3,(H,52,53)/p+1. The summed E-state index contributed by atoms with van der Waals surface area (Å²) in [5, 5.41) is 66.9. The Balaban J connectivity index is 1.23. The Hall–Kier alpha value is -5.76. The molecule has 0 saturated carbocycles. The first-order valence-corrected chi connectivity index (χ1v) is 19.2. The third kappa shape index (κ3) is 8.21. The number of phenolic OH excluding ortho intramolecular Hbond substituents is 1. The highest BCUT2D eigenvalue weighted by molar-refractivity contribution is 5.95. The van der Waals surface area contributed by atoms with E-state index in [4.69, 9.17) is 23.5 Å². The molecular formula is C43H46N3O14+. The van der Waals surface area contributed by atoms with Crippen LogP contribution in [0.3, 0.4) is 0 Å². The van der Waals surface area contributed by atoms with Gasteiger partial charge in [-0.05, 0) is 75.4 Å². The molecule has 60 heavy (non-hydrogen) atoms. The predicted molar refractivity (Wildman–Crippen MR) is 214 cm³/mol. The molecule has 3 aromatic carbocycles. The van der Waals surface area contributed by atoms with Crippen molar-refractivity contribution < 1.29 is 68.8 Å². The van der Waals surface area contributed by atoms with E-state index in [9.17, 15) is 45.0 Å². The topological polar surface area (TPSA) is 251 Å². The van der Waals surface area contributed by atoms with E-state index in [2.05, 4.69) is 10.3 Å². The lowest BCUT2D eigenvalue weighted by Gasteiger charge is -2.47. The van der Waals surface area contributed by atoms with Gasteiger partial charge in [-0.3, -0.25) is 14.4 Å². The number of aliphatic hydroxyl groups is 4. The predicted octanol–water partition coefficient (Wildman–Crippen LogP) is 0.763. The normalized spacial score (nSPS) is 24.6. The van der Waals surface area contributed by atoms with Crippen LogP contribution in [0.15, 0.2) is 98.5 Å². The molecular weight excluding hydrogens is 782 g/mol. The van der Waals surface area contributed by atoms with Crippen LogP contribution in [-0.2, 0) is 23.9 Å². The number of benzene rings is 3. The van der Waals surface area contributed by atoms with Crippen LogP contribution in [0.2, 0.25) is 0 Å². The second-order valence-corrected chi connectivity index (χ2v) is 15.0. The molecule has 0 amide bonds. The fourth-order valence-corrected chi connectivity index (χ4v) is 7.84. The molecule has 1 saturated heterocycles. The number of carbonyl (C=O) groups is 2. The zero-order valence-electron chi connectivity index (χ0n) is 32.9. The molecule has 3 aliphatic heterocycles. The molecule has 17 heteroatoms. The summed E-state index contributed by atoms with van der Waals surface area (Å²) >= 11 is 0. The third-order valence-corrected chi connectivity index (χ3v) is 10.9. The van der Waals surface area contributed by atoms with Gasteiger partial charge in [-0.2, -0.15) is 9.90 Å². The highest BCUT2D eigenvalue weighted by Crippen LogP contribution is 2.35. The first-order chi connectivity index (χ1) is 28.8. The van der Waals surface area contributed by atoms with Crippen LogP contribution in [0.4, 0.5) is 0 Å². The maximum Gasteiger partial charge on any atom is 0.322 e. The number of carbonyl (C=O) groups excluding carboxylic acids is 1. The van der Waals surface area contributed by atoms with E-state index >= 15 is 0 Å². The molecule has 316 valence electrons. The largest absolute Gasteiger partial charge is 0.508 e. The van der Waals surface area contributed by atoms with Crippen molar-refractivity contribution in [2.45, 2.75) is 56.5 Å². The summed E-state index contributed by atoms with van der Waals surface area (Å²) in [6.07, 6.45) is -2.19. The first kappa shape index (κ1) is 42.4. The van der Waals surface area contributed by atoms with Crippen LogP contribution >= 0.6 is 0 Å². The number of carboxylic acid groups (broad SMARTS) is 1. The summed E-state index contributed by atoms with van der Waals surface area (Å²) in [5.41, 5.74) is 2.85. The first-order valence-electron chi connectivity index (χ1n) is 19.2. The Morgan fingerprint density at radius 3 is 2.45 bits per heavy atom. The number of hydroxylamine groups is 2. The van der Waals surface area contributed by atoms with Crippen LogP contribution in [-0.4, -0.2) is 118 Å². The second kappa shape index (κ2) is 17.5. The Morgan fingerprint density at radius 1 is 1.05 bits per heavy atom. The molecule has 0 radical (unpaired) electrons. The molecule has 1 aromatic heterocycles. The molecule has 0 spiro atoms. The number of carboxylic acids is 1. The second-order valence-electron chi connectivity index (χ2n) is 15.0. The number of nitrogens with one attached hydrogen (secondary N) is 2. The summed E-state index contributed by atoms with van der Waals surface area (Å²) in [5.74, 6) is -4.43. The number of hydrogen-bond acceptors (Lipinski definition) is 15.